The van der Waals surface area contributed by atoms with E-state index in [1.807, 2.05) is 0 Å². The number of H-pyrrole nitrogens is 1. The van der Waals surface area contributed by atoms with Gasteiger partial charge in [-0.25, -0.2) is 4.79 Å². The van der Waals surface area contributed by atoms with Crippen LogP contribution in [-0.2, 0) is 4.74 Å². The number of nitrogens with one attached hydrogen (secondary N) is 1. The number of carbonyl (C=O) groups is 1. The molecular weight excluding hydrogens is 276 g/mol. The Hall–Kier alpha value is -1.56. The monoisotopic (exact) mass is 284 g/mol. The van der Waals surface area contributed by atoms with Crippen molar-refractivity contribution in [1.29, 1.82) is 0 Å². The lowest BCUT2D eigenvalue weighted by Gasteiger charge is -2.01. The van der Waals surface area contributed by atoms with E-state index in [0.717, 1.165) is 4.47 Å². The average Bonchev–Trinajstić information content (AvgIpc) is 2.60. The van der Waals surface area contributed by atoms with Crippen molar-refractivity contribution < 1.29 is 9.53 Å². The van der Waals surface area contributed by atoms with E-state index >= 15 is 0 Å². The van der Waals surface area contributed by atoms with E-state index in [0.29, 0.717) is 5.52 Å². The Bertz CT molecular complexity index is 600. The fraction of sp³-hybridized carbons (Fsp3) is 0.200. The van der Waals surface area contributed by atoms with Crippen LogP contribution in [0.25, 0.3) is 5.52 Å². The van der Waals surface area contributed by atoms with Crippen LogP contribution in [0.15, 0.2) is 27.7 Å². The first-order chi connectivity index (χ1) is 7.63. The number of hydrogen-bond acceptors (Lipinski definition) is 3. The smallest absolute Gasteiger partial charge is 0.343 e. The summed E-state index contributed by atoms with van der Waals surface area (Å²) in [6, 6.07) is 1.64. The third kappa shape index (κ3) is 1.76. The molecule has 0 amide bonds. The molecule has 0 aliphatic heterocycles. The van der Waals surface area contributed by atoms with Gasteiger partial charge in [0.2, 0.25) is 5.43 Å². The van der Waals surface area contributed by atoms with Crippen LogP contribution in [0.1, 0.15) is 17.3 Å². The van der Waals surface area contributed by atoms with Gasteiger partial charge in [-0.3, -0.25) is 9.31 Å². The highest BCUT2D eigenvalue weighted by atomic mass is 79.9. The third-order valence-corrected chi connectivity index (χ3v) is 2.54. The first-order valence-electron chi connectivity index (χ1n) is 4.70. The molecule has 0 aliphatic rings. The number of aromatic amines is 1. The maximum atomic E-state index is 11.9. The summed E-state index contributed by atoms with van der Waals surface area (Å²) >= 11 is 3.26. The van der Waals surface area contributed by atoms with Crippen molar-refractivity contribution in [2.75, 3.05) is 6.61 Å². The van der Waals surface area contributed by atoms with E-state index < -0.39 is 5.97 Å². The molecule has 0 fully saturated rings. The Morgan fingerprint density at radius 3 is 3.06 bits per heavy atom. The molecule has 1 N–H and O–H groups in total. The zero-order valence-corrected chi connectivity index (χ0v) is 10.1. The number of halogens is 1. The molecule has 0 aliphatic carbocycles. The number of fused-ring (bicyclic) bond motifs is 1. The summed E-state index contributed by atoms with van der Waals surface area (Å²) in [6.07, 6.45) is 3.05. The first-order valence-corrected chi connectivity index (χ1v) is 5.49. The van der Waals surface area contributed by atoms with E-state index in [1.165, 1.54) is 10.7 Å². The molecule has 2 heterocycles. The minimum absolute atomic E-state index is 0.0138. The van der Waals surface area contributed by atoms with Crippen molar-refractivity contribution in [3.05, 3.63) is 38.7 Å². The fourth-order valence-electron chi connectivity index (χ4n) is 1.41. The molecule has 0 unspecified atom stereocenters. The van der Waals surface area contributed by atoms with E-state index in [1.54, 1.807) is 19.2 Å². The van der Waals surface area contributed by atoms with Gasteiger partial charge in [0.25, 0.3) is 0 Å². The number of hydrogen-bond donors (Lipinski definition) is 1. The Balaban J connectivity index is 2.60. The molecule has 0 saturated heterocycles. The topological polar surface area (TPSA) is 63.6 Å². The van der Waals surface area contributed by atoms with E-state index in [-0.39, 0.29) is 17.6 Å². The van der Waals surface area contributed by atoms with Crippen molar-refractivity contribution in [2.24, 2.45) is 0 Å². The molecule has 0 bridgehead atoms. The normalized spacial score (nSPS) is 10.6. The molecule has 0 saturated carbocycles. The van der Waals surface area contributed by atoms with Crippen LogP contribution < -0.4 is 5.43 Å². The summed E-state index contributed by atoms with van der Waals surface area (Å²) in [7, 11) is 0. The zero-order chi connectivity index (χ0) is 11.7. The van der Waals surface area contributed by atoms with Gasteiger partial charge in [0.05, 0.1) is 6.61 Å². The summed E-state index contributed by atoms with van der Waals surface area (Å²) < 4.78 is 7.09. The van der Waals surface area contributed by atoms with Gasteiger partial charge < -0.3 is 9.84 Å². The number of carbonyl (C=O) groups excluding carboxylic acids is 1. The van der Waals surface area contributed by atoms with Gasteiger partial charge >= 0.3 is 5.97 Å². The molecule has 0 aromatic carbocycles. The van der Waals surface area contributed by atoms with Gasteiger partial charge in [-0.2, -0.15) is 0 Å². The number of nitrogens with zero attached hydrogens (tertiary/aromatic N) is 1. The van der Waals surface area contributed by atoms with E-state index in [2.05, 4.69) is 21.0 Å². The highest BCUT2D eigenvalue weighted by Crippen LogP contribution is 2.12. The average molecular weight is 285 g/mol. The summed E-state index contributed by atoms with van der Waals surface area (Å²) in [6.45, 7) is 1.94. The zero-order valence-electron chi connectivity index (χ0n) is 8.49. The second kappa shape index (κ2) is 4.13. The third-order valence-electron chi connectivity index (χ3n) is 2.11. The summed E-state index contributed by atoms with van der Waals surface area (Å²) in [4.78, 5) is 23.3. The highest BCUT2D eigenvalue weighted by molar-refractivity contribution is 9.10. The predicted molar refractivity (Wildman–Crippen MR) is 61.7 cm³/mol. The summed E-state index contributed by atoms with van der Waals surface area (Å²) in [5.74, 6) is -0.608. The molecule has 0 radical (unpaired) electrons. The maximum absolute atomic E-state index is 11.9. The first kappa shape index (κ1) is 10.9. The second-order valence-corrected chi connectivity index (χ2v) is 4.07. The Morgan fingerprint density at radius 1 is 1.62 bits per heavy atom. The molecule has 16 heavy (non-hydrogen) atoms. The SMILES string of the molecule is CCOC(=O)c1c[nH]n2cc(Br)cc2c1=O. The fourth-order valence-corrected chi connectivity index (χ4v) is 1.83. The van der Waals surface area contributed by atoms with Crippen LogP contribution in [0.2, 0.25) is 0 Å². The van der Waals surface area contributed by atoms with E-state index in [9.17, 15) is 9.59 Å². The molecule has 5 nitrogen and oxygen atoms in total. The molecular formula is C10H9BrN2O3. The number of aromatic nitrogens is 2. The van der Waals surface area contributed by atoms with Crippen molar-refractivity contribution in [3.8, 4) is 0 Å². The lowest BCUT2D eigenvalue weighted by atomic mass is 10.3. The Kier molecular flexibility index (Phi) is 2.82. The number of esters is 1. The van der Waals surface area contributed by atoms with Crippen LogP contribution in [0, 0.1) is 0 Å². The van der Waals surface area contributed by atoms with Crippen LogP contribution in [-0.4, -0.2) is 22.2 Å². The molecule has 2 aromatic heterocycles. The number of rotatable bonds is 2. The van der Waals surface area contributed by atoms with Crippen molar-refractivity contribution >= 4 is 27.4 Å². The summed E-state index contributed by atoms with van der Waals surface area (Å²) in [5, 5.41) is 2.81. The van der Waals surface area contributed by atoms with Crippen LogP contribution >= 0.6 is 15.9 Å². The molecule has 84 valence electrons. The molecule has 6 heteroatoms. The lowest BCUT2D eigenvalue weighted by molar-refractivity contribution is 0.0524. The molecule has 0 atom stereocenters. The molecule has 2 rings (SSSR count). The van der Waals surface area contributed by atoms with Crippen LogP contribution in [0.4, 0.5) is 0 Å². The predicted octanol–water partition coefficient (Wildman–Crippen LogP) is 1.57. The van der Waals surface area contributed by atoms with Gasteiger partial charge in [0.15, 0.2) is 0 Å². The van der Waals surface area contributed by atoms with Crippen molar-refractivity contribution in [3.63, 3.8) is 0 Å². The Morgan fingerprint density at radius 2 is 2.38 bits per heavy atom. The van der Waals surface area contributed by atoms with Gasteiger partial charge in [0.1, 0.15) is 11.1 Å². The highest BCUT2D eigenvalue weighted by Gasteiger charge is 2.14. The van der Waals surface area contributed by atoms with Crippen molar-refractivity contribution in [1.82, 2.24) is 9.61 Å². The number of ether oxygens (including phenoxy) is 1. The van der Waals surface area contributed by atoms with E-state index in [4.69, 9.17) is 4.74 Å². The van der Waals surface area contributed by atoms with Crippen LogP contribution in [0.3, 0.4) is 0 Å². The minimum Gasteiger partial charge on any atom is -0.462 e. The van der Waals surface area contributed by atoms with Gasteiger partial charge in [-0.05, 0) is 28.9 Å². The lowest BCUT2D eigenvalue weighted by Crippen LogP contribution is -2.19. The van der Waals surface area contributed by atoms with Gasteiger partial charge in [-0.1, -0.05) is 0 Å². The van der Waals surface area contributed by atoms with Crippen molar-refractivity contribution in [2.45, 2.75) is 6.92 Å². The Labute approximate surface area is 99.1 Å². The van der Waals surface area contributed by atoms with Gasteiger partial charge in [-0.15, -0.1) is 0 Å². The molecule has 0 spiro atoms. The molecule has 2 aromatic rings. The quantitative estimate of drug-likeness (QED) is 0.852. The van der Waals surface area contributed by atoms with Crippen LogP contribution in [0.5, 0.6) is 0 Å². The van der Waals surface area contributed by atoms with Gasteiger partial charge in [0, 0.05) is 16.9 Å². The standard InChI is InChI=1S/C10H9BrN2O3/c1-2-16-10(15)7-4-12-13-5-6(11)3-8(13)9(7)14/h3-5,12H,2H2,1H3. The maximum Gasteiger partial charge on any atom is 0.343 e. The minimum atomic E-state index is -0.608. The summed E-state index contributed by atoms with van der Waals surface area (Å²) in [5.41, 5.74) is 0.0697. The second-order valence-electron chi connectivity index (χ2n) is 3.15. The largest absolute Gasteiger partial charge is 0.462 e.